The van der Waals surface area contributed by atoms with Gasteiger partial charge in [0.2, 0.25) is 17.7 Å². The Morgan fingerprint density at radius 2 is 1.07 bits per heavy atom. The van der Waals surface area contributed by atoms with Crippen LogP contribution in [0.1, 0.15) is 83.9 Å². The summed E-state index contributed by atoms with van der Waals surface area (Å²) in [5, 5.41) is 46.3. The Morgan fingerprint density at radius 1 is 0.614 bits per heavy atom. The first-order chi connectivity index (χ1) is 48.4. The van der Waals surface area contributed by atoms with Gasteiger partial charge in [0, 0.05) is 51.0 Å². The van der Waals surface area contributed by atoms with Gasteiger partial charge in [-0.05, 0) is 69.6 Å². The van der Waals surface area contributed by atoms with E-state index >= 15 is 0 Å². The molecule has 32 heteroatoms. The molecule has 9 atom stereocenters. The van der Waals surface area contributed by atoms with Crippen LogP contribution in [0.5, 0.6) is 0 Å². The maximum Gasteiger partial charge on any atom is 0.335 e. The van der Waals surface area contributed by atoms with Crippen LogP contribution < -0.4 is 10.6 Å². The quantitative estimate of drug-likeness (QED) is 0.0278. The van der Waals surface area contributed by atoms with Gasteiger partial charge in [-0.1, -0.05) is 32.0 Å². The van der Waals surface area contributed by atoms with Crippen LogP contribution in [0.3, 0.4) is 0 Å². The molecule has 2 fully saturated rings. The standard InChI is InChI=1S/C69H110N4O28/c1-47(2)54(65(82)71-48(3)56(75)41-49-8-9-51(46-100-68(86)69(4,5)6)50(40-49)10-11-57-61(79)62(80)63(81)64(101-57)67(84)85)43-53(74)45-72-52(42-55(66(72)83)73-59(77)12-13-60(73)78)44-70-58(76)14-15-88-18-19-90-22-23-92-26-27-94-30-31-96-34-35-98-38-39-99-37-36-97-33-32-95-29-28-93-25-24-91-21-20-89-17-16-87-7/h8-9,12-13,40,47-48,52,54-55,57,61-64,79-81H,10-11,14-39,41-46H2,1-7H3,(H,70,76)(H,71,82)(H,84,85)/t48-,52-,54-,55-,57-,61-,62+,63-,64-/m0/s1. The van der Waals surface area contributed by atoms with Crippen molar-refractivity contribution in [1.82, 2.24) is 20.4 Å². The number of ether oxygens (including phenoxy) is 15. The number of likely N-dealkylation sites (tertiary alicyclic amines) is 1. The summed E-state index contributed by atoms with van der Waals surface area (Å²) in [7, 11) is 1.63. The van der Waals surface area contributed by atoms with E-state index in [4.69, 9.17) is 71.1 Å². The van der Waals surface area contributed by atoms with Crippen molar-refractivity contribution in [3.63, 3.8) is 0 Å². The lowest BCUT2D eigenvalue weighted by Gasteiger charge is -2.39. The number of carboxylic acid groups (broad SMARTS) is 1. The predicted octanol–water partition coefficient (Wildman–Crippen LogP) is -0.263. The minimum Gasteiger partial charge on any atom is -0.479 e. The fraction of sp³-hybridized carbons (Fsp3) is 0.754. The molecule has 0 unspecified atom stereocenters. The summed E-state index contributed by atoms with van der Waals surface area (Å²) in [6.07, 6.45) is -6.88. The van der Waals surface area contributed by atoms with E-state index in [1.165, 1.54) is 11.8 Å². The fourth-order valence-electron chi connectivity index (χ4n) is 10.4. The van der Waals surface area contributed by atoms with Crippen molar-refractivity contribution in [3.8, 4) is 0 Å². The summed E-state index contributed by atoms with van der Waals surface area (Å²) in [5.41, 5.74) is 0.740. The van der Waals surface area contributed by atoms with E-state index in [9.17, 15) is 63.6 Å². The highest BCUT2D eigenvalue weighted by Gasteiger charge is 2.48. The Kier molecular flexibility index (Phi) is 43.1. The van der Waals surface area contributed by atoms with Gasteiger partial charge < -0.3 is 107 Å². The van der Waals surface area contributed by atoms with Gasteiger partial charge in [-0.2, -0.15) is 0 Å². The molecule has 3 heterocycles. The number of esters is 1. The number of Topliss-reactive ketones (excluding diaryl/α,β-unsaturated/α-hetero) is 2. The summed E-state index contributed by atoms with van der Waals surface area (Å²) in [4.78, 5) is 121. The number of hydrogen-bond acceptors (Lipinski definition) is 27. The van der Waals surface area contributed by atoms with Crippen LogP contribution in [0.15, 0.2) is 30.4 Å². The van der Waals surface area contributed by atoms with Crippen LogP contribution in [-0.2, 0) is 134 Å². The molecule has 0 aliphatic carbocycles. The average Bonchev–Trinajstić information content (AvgIpc) is 1.65. The summed E-state index contributed by atoms with van der Waals surface area (Å²) in [6.45, 7) is 19.5. The first-order valence-corrected chi connectivity index (χ1v) is 34.5. The Balaban J connectivity index is 1.07. The molecule has 0 radical (unpaired) electrons. The Morgan fingerprint density at radius 3 is 1.50 bits per heavy atom. The van der Waals surface area contributed by atoms with E-state index in [2.05, 4.69) is 10.6 Å². The van der Waals surface area contributed by atoms with E-state index in [1.54, 1.807) is 59.9 Å². The van der Waals surface area contributed by atoms with Gasteiger partial charge in [0.1, 0.15) is 31.0 Å². The number of hydrogen-bond donors (Lipinski definition) is 6. The largest absolute Gasteiger partial charge is 0.479 e. The number of nitrogens with one attached hydrogen (secondary N) is 2. The number of rotatable bonds is 58. The number of ketones is 2. The van der Waals surface area contributed by atoms with Crippen molar-refractivity contribution < 1.29 is 135 Å². The van der Waals surface area contributed by atoms with Crippen molar-refractivity contribution in [2.24, 2.45) is 17.3 Å². The van der Waals surface area contributed by atoms with E-state index in [-0.39, 0.29) is 71.5 Å². The second-order valence-electron chi connectivity index (χ2n) is 25.5. The second kappa shape index (κ2) is 49.7. The molecule has 101 heavy (non-hydrogen) atoms. The Hall–Kier alpha value is -5.89. The Labute approximate surface area is 591 Å². The molecule has 5 amide bonds. The molecular weight excluding hydrogens is 1330 g/mol. The van der Waals surface area contributed by atoms with E-state index < -0.39 is 125 Å². The monoisotopic (exact) mass is 1440 g/mol. The predicted molar refractivity (Wildman–Crippen MR) is 357 cm³/mol. The molecule has 1 aromatic rings. The molecule has 2 saturated heterocycles. The lowest BCUT2D eigenvalue weighted by molar-refractivity contribution is -0.228. The fourth-order valence-corrected chi connectivity index (χ4v) is 10.4. The molecule has 4 rings (SSSR count). The van der Waals surface area contributed by atoms with Crippen LogP contribution in [-0.4, -0.2) is 317 Å². The highest BCUT2D eigenvalue weighted by molar-refractivity contribution is 6.15. The number of nitrogens with zero attached hydrogens (tertiary/aromatic N) is 2. The summed E-state index contributed by atoms with van der Waals surface area (Å²) < 4.78 is 81.8. The SMILES string of the molecule is COCCOCCOCCOCCOCCOCCOCCOCCOCCOCCOCCOCCOCCC(=O)NC[C@@H]1C[C@H](N2C(=O)C=CC2=O)C(=O)N1CC(=O)C[C@H](C(=O)N[C@@H](C)C(=O)Cc1ccc(COC(=O)C(C)(C)C)c(CC[C@@H]2O[C@H](C(=O)O)[C@@H](O)[C@H](O)[C@H]2O)c1)C(C)C. The van der Waals surface area contributed by atoms with Gasteiger partial charge in [-0.15, -0.1) is 0 Å². The maximum absolute atomic E-state index is 14.0. The summed E-state index contributed by atoms with van der Waals surface area (Å²) >= 11 is 0. The highest BCUT2D eigenvalue weighted by atomic mass is 16.6. The van der Waals surface area contributed by atoms with Crippen LogP contribution in [0.25, 0.3) is 0 Å². The van der Waals surface area contributed by atoms with Crippen molar-refractivity contribution in [2.45, 2.75) is 135 Å². The number of aryl methyl sites for hydroxylation is 1. The molecule has 574 valence electrons. The molecule has 32 nitrogen and oxygen atoms in total. The van der Waals surface area contributed by atoms with Gasteiger partial charge >= 0.3 is 11.9 Å². The zero-order valence-electron chi connectivity index (χ0n) is 59.7. The first kappa shape index (κ1) is 87.5. The zero-order valence-corrected chi connectivity index (χ0v) is 59.7. The van der Waals surface area contributed by atoms with Gasteiger partial charge in [0.05, 0.1) is 195 Å². The molecule has 1 aromatic carbocycles. The van der Waals surface area contributed by atoms with E-state index in [0.29, 0.717) is 162 Å². The topological polar surface area (TPSA) is 404 Å². The molecule has 3 aliphatic heterocycles. The highest BCUT2D eigenvalue weighted by Crippen LogP contribution is 2.29. The number of carbonyl (C=O) groups is 9. The number of carbonyl (C=O) groups excluding carboxylic acids is 8. The van der Waals surface area contributed by atoms with Crippen molar-refractivity contribution >= 4 is 53.0 Å². The lowest BCUT2D eigenvalue weighted by Crippen LogP contribution is -2.59. The lowest BCUT2D eigenvalue weighted by atomic mass is 9.89. The third kappa shape index (κ3) is 34.1. The number of aliphatic carboxylic acids is 1. The number of carboxylic acids is 1. The van der Waals surface area contributed by atoms with Gasteiger partial charge in [0.25, 0.3) is 11.8 Å². The third-order valence-electron chi connectivity index (χ3n) is 16.2. The maximum atomic E-state index is 14.0. The summed E-state index contributed by atoms with van der Waals surface area (Å²) in [6, 6.07) is 1.83. The van der Waals surface area contributed by atoms with Crippen LogP contribution in [0.4, 0.5) is 0 Å². The van der Waals surface area contributed by atoms with Crippen molar-refractivity contribution in [3.05, 3.63) is 47.0 Å². The number of aliphatic hydroxyl groups is 3. The van der Waals surface area contributed by atoms with Crippen molar-refractivity contribution in [2.75, 3.05) is 185 Å². The zero-order chi connectivity index (χ0) is 74.0. The number of benzene rings is 1. The second-order valence-corrected chi connectivity index (χ2v) is 25.5. The first-order valence-electron chi connectivity index (χ1n) is 34.5. The molecule has 0 bridgehead atoms. The van der Waals surface area contributed by atoms with E-state index in [1.807, 2.05) is 0 Å². The number of imide groups is 1. The molecular formula is C69H110N4O28. The average molecular weight is 1440 g/mol. The molecule has 0 aromatic heterocycles. The van der Waals surface area contributed by atoms with Crippen LogP contribution >= 0.6 is 0 Å². The molecule has 0 spiro atoms. The number of methoxy groups -OCH3 is 1. The number of aliphatic hydroxyl groups excluding tert-OH is 3. The van der Waals surface area contributed by atoms with Gasteiger partial charge in [-0.3, -0.25) is 43.3 Å². The summed E-state index contributed by atoms with van der Waals surface area (Å²) in [5.74, 6) is -7.50. The van der Waals surface area contributed by atoms with Crippen molar-refractivity contribution in [1.29, 1.82) is 0 Å². The Bertz CT molecular complexity index is 2660. The normalized spacial score (nSPS) is 19.9. The minimum absolute atomic E-state index is 0.0421. The minimum atomic E-state index is -1.88. The molecule has 3 aliphatic rings. The van der Waals surface area contributed by atoms with Crippen LogP contribution in [0.2, 0.25) is 0 Å². The number of amides is 5. The van der Waals surface area contributed by atoms with Crippen LogP contribution in [0, 0.1) is 17.3 Å². The van der Waals surface area contributed by atoms with Gasteiger partial charge in [-0.25, -0.2) is 4.79 Å². The molecule has 6 N–H and O–H groups in total. The third-order valence-corrected chi connectivity index (χ3v) is 16.2. The smallest absolute Gasteiger partial charge is 0.335 e. The van der Waals surface area contributed by atoms with E-state index in [0.717, 1.165) is 17.1 Å². The molecule has 0 saturated carbocycles. The van der Waals surface area contributed by atoms with Gasteiger partial charge in [0.15, 0.2) is 17.7 Å².